The van der Waals surface area contributed by atoms with Crippen molar-refractivity contribution in [3.63, 3.8) is 0 Å². The molecule has 2 rings (SSSR count). The number of rotatable bonds is 4. The minimum Gasteiger partial charge on any atom is -0.399 e. The van der Waals surface area contributed by atoms with E-state index in [1.807, 2.05) is 31.5 Å². The molecule has 0 aliphatic rings. The highest BCUT2D eigenvalue weighted by Crippen LogP contribution is 2.19. The fourth-order valence-electron chi connectivity index (χ4n) is 1.77. The maximum atomic E-state index is 5.72. The summed E-state index contributed by atoms with van der Waals surface area (Å²) in [4.78, 5) is 4.34. The maximum Gasteiger partial charge on any atom is 0.0961 e. The van der Waals surface area contributed by atoms with Crippen molar-refractivity contribution in [1.82, 2.24) is 9.55 Å². The highest BCUT2D eigenvalue weighted by Gasteiger charge is 2.09. The zero-order valence-corrected chi connectivity index (χ0v) is 9.68. The second-order valence-electron chi connectivity index (χ2n) is 3.91. The predicted molar refractivity (Wildman–Crippen MR) is 65.3 cm³/mol. The van der Waals surface area contributed by atoms with Crippen molar-refractivity contribution in [3.05, 3.63) is 24.5 Å². The number of hydrogen-bond donors (Lipinski definition) is 1. The number of nitrogen functional groups attached to an aromatic ring is 1. The average Bonchev–Trinajstić information content (AvgIpc) is 2.68. The largest absolute Gasteiger partial charge is 0.399 e. The molecular weight excluding hydrogens is 202 g/mol. The quantitative estimate of drug-likeness (QED) is 0.802. The molecule has 2 aromatic rings. The van der Waals surface area contributed by atoms with Gasteiger partial charge in [-0.15, -0.1) is 0 Å². The van der Waals surface area contributed by atoms with Crippen molar-refractivity contribution in [3.8, 4) is 0 Å². The van der Waals surface area contributed by atoms with Crippen LogP contribution >= 0.6 is 0 Å². The van der Waals surface area contributed by atoms with E-state index in [9.17, 15) is 0 Å². The minimum absolute atomic E-state index is 0.286. The Labute approximate surface area is 95.0 Å². The van der Waals surface area contributed by atoms with Crippen molar-refractivity contribution < 1.29 is 4.74 Å². The first-order valence-corrected chi connectivity index (χ1v) is 5.52. The second kappa shape index (κ2) is 4.53. The van der Waals surface area contributed by atoms with Gasteiger partial charge in [-0.1, -0.05) is 0 Å². The standard InChI is InChI=1S/C12H17N3O/c1-3-16-7-9(2)15-8-14-11-6-10(13)4-5-12(11)15/h4-6,8-9H,3,7,13H2,1-2H3. The summed E-state index contributed by atoms with van der Waals surface area (Å²) in [6.07, 6.45) is 1.84. The molecule has 1 atom stereocenters. The molecule has 86 valence electrons. The fourth-order valence-corrected chi connectivity index (χ4v) is 1.77. The van der Waals surface area contributed by atoms with Crippen LogP contribution in [0, 0.1) is 0 Å². The van der Waals surface area contributed by atoms with Gasteiger partial charge in [0.2, 0.25) is 0 Å². The Morgan fingerprint density at radius 2 is 2.31 bits per heavy atom. The van der Waals surface area contributed by atoms with E-state index in [4.69, 9.17) is 10.5 Å². The highest BCUT2D eigenvalue weighted by atomic mass is 16.5. The molecule has 0 aliphatic heterocycles. The predicted octanol–water partition coefficient (Wildman–Crippen LogP) is 2.22. The Bertz CT molecular complexity index is 478. The van der Waals surface area contributed by atoms with Crippen LogP contribution in [0.3, 0.4) is 0 Å². The first kappa shape index (κ1) is 11.0. The summed E-state index contributed by atoms with van der Waals surface area (Å²) >= 11 is 0. The topological polar surface area (TPSA) is 53.1 Å². The van der Waals surface area contributed by atoms with E-state index < -0.39 is 0 Å². The normalized spacial score (nSPS) is 13.1. The van der Waals surface area contributed by atoms with Gasteiger partial charge in [-0.2, -0.15) is 0 Å². The van der Waals surface area contributed by atoms with Crippen LogP contribution in [0.1, 0.15) is 19.9 Å². The summed E-state index contributed by atoms with van der Waals surface area (Å²) in [5.41, 5.74) is 8.49. The van der Waals surface area contributed by atoms with Crippen LogP contribution in [-0.2, 0) is 4.74 Å². The molecule has 0 saturated heterocycles. The summed E-state index contributed by atoms with van der Waals surface area (Å²) in [5, 5.41) is 0. The van der Waals surface area contributed by atoms with Gasteiger partial charge in [-0.3, -0.25) is 0 Å². The molecule has 1 aromatic carbocycles. The molecule has 1 aromatic heterocycles. The number of hydrogen-bond acceptors (Lipinski definition) is 3. The van der Waals surface area contributed by atoms with E-state index >= 15 is 0 Å². The molecule has 1 heterocycles. The number of ether oxygens (including phenoxy) is 1. The number of nitrogens with zero attached hydrogens (tertiary/aromatic N) is 2. The third kappa shape index (κ3) is 2.02. The SMILES string of the molecule is CCOCC(C)n1cnc2cc(N)ccc21. The number of fused-ring (bicyclic) bond motifs is 1. The van der Waals surface area contributed by atoms with Crippen LogP contribution in [0.2, 0.25) is 0 Å². The van der Waals surface area contributed by atoms with Crippen LogP contribution in [-0.4, -0.2) is 22.8 Å². The first-order chi connectivity index (χ1) is 7.72. The van der Waals surface area contributed by atoms with Crippen molar-refractivity contribution in [2.45, 2.75) is 19.9 Å². The van der Waals surface area contributed by atoms with Crippen molar-refractivity contribution in [1.29, 1.82) is 0 Å². The van der Waals surface area contributed by atoms with E-state index in [1.165, 1.54) is 0 Å². The highest BCUT2D eigenvalue weighted by molar-refractivity contribution is 5.79. The van der Waals surface area contributed by atoms with Gasteiger partial charge in [0, 0.05) is 12.3 Å². The third-order valence-electron chi connectivity index (χ3n) is 2.64. The minimum atomic E-state index is 0.286. The summed E-state index contributed by atoms with van der Waals surface area (Å²) in [7, 11) is 0. The van der Waals surface area contributed by atoms with Gasteiger partial charge < -0.3 is 15.0 Å². The lowest BCUT2D eigenvalue weighted by Gasteiger charge is -2.13. The number of nitrogens with two attached hydrogens (primary N) is 1. The molecule has 2 N–H and O–H groups in total. The van der Waals surface area contributed by atoms with Gasteiger partial charge in [0.15, 0.2) is 0 Å². The number of benzene rings is 1. The van der Waals surface area contributed by atoms with Gasteiger partial charge in [0.25, 0.3) is 0 Å². The zero-order valence-electron chi connectivity index (χ0n) is 9.68. The second-order valence-corrected chi connectivity index (χ2v) is 3.91. The molecular formula is C12H17N3O. The number of aromatic nitrogens is 2. The molecule has 4 heteroatoms. The van der Waals surface area contributed by atoms with E-state index in [-0.39, 0.29) is 6.04 Å². The summed E-state index contributed by atoms with van der Waals surface area (Å²) in [5.74, 6) is 0. The van der Waals surface area contributed by atoms with Crippen LogP contribution < -0.4 is 5.73 Å². The van der Waals surface area contributed by atoms with Crippen LogP contribution in [0.4, 0.5) is 5.69 Å². The lowest BCUT2D eigenvalue weighted by atomic mass is 10.2. The van der Waals surface area contributed by atoms with E-state index in [2.05, 4.69) is 16.5 Å². The van der Waals surface area contributed by atoms with Gasteiger partial charge in [-0.25, -0.2) is 4.98 Å². The monoisotopic (exact) mass is 219 g/mol. The lowest BCUT2D eigenvalue weighted by molar-refractivity contribution is 0.120. The molecule has 0 aliphatic carbocycles. The Kier molecular flexibility index (Phi) is 3.10. The molecule has 16 heavy (non-hydrogen) atoms. The Morgan fingerprint density at radius 1 is 1.50 bits per heavy atom. The van der Waals surface area contributed by atoms with Crippen LogP contribution in [0.25, 0.3) is 11.0 Å². The number of imidazole rings is 1. The average molecular weight is 219 g/mol. The van der Waals surface area contributed by atoms with Gasteiger partial charge >= 0.3 is 0 Å². The Hall–Kier alpha value is -1.55. The zero-order chi connectivity index (χ0) is 11.5. The third-order valence-corrected chi connectivity index (χ3v) is 2.64. The molecule has 1 unspecified atom stereocenters. The first-order valence-electron chi connectivity index (χ1n) is 5.52. The number of anilines is 1. The molecule has 0 amide bonds. The van der Waals surface area contributed by atoms with Crippen molar-refractivity contribution >= 4 is 16.7 Å². The lowest BCUT2D eigenvalue weighted by Crippen LogP contribution is -2.11. The molecule has 0 radical (unpaired) electrons. The van der Waals surface area contributed by atoms with E-state index in [0.29, 0.717) is 6.61 Å². The van der Waals surface area contributed by atoms with Crippen LogP contribution in [0.5, 0.6) is 0 Å². The van der Waals surface area contributed by atoms with Crippen molar-refractivity contribution in [2.75, 3.05) is 18.9 Å². The summed E-state index contributed by atoms with van der Waals surface area (Å²) in [6, 6.07) is 6.07. The molecule has 0 saturated carbocycles. The molecule has 0 fully saturated rings. The smallest absolute Gasteiger partial charge is 0.0961 e. The fraction of sp³-hybridized carbons (Fsp3) is 0.417. The summed E-state index contributed by atoms with van der Waals surface area (Å²) < 4.78 is 7.53. The van der Waals surface area contributed by atoms with Gasteiger partial charge in [0.05, 0.1) is 30.0 Å². The van der Waals surface area contributed by atoms with Gasteiger partial charge in [-0.05, 0) is 32.0 Å². The molecule has 0 spiro atoms. The maximum absolute atomic E-state index is 5.72. The molecule has 4 nitrogen and oxygen atoms in total. The Morgan fingerprint density at radius 3 is 3.06 bits per heavy atom. The van der Waals surface area contributed by atoms with Crippen LogP contribution in [0.15, 0.2) is 24.5 Å². The van der Waals surface area contributed by atoms with E-state index in [0.717, 1.165) is 23.3 Å². The van der Waals surface area contributed by atoms with Crippen molar-refractivity contribution in [2.24, 2.45) is 0 Å². The molecule has 0 bridgehead atoms. The summed E-state index contributed by atoms with van der Waals surface area (Å²) in [6.45, 7) is 5.56. The van der Waals surface area contributed by atoms with Gasteiger partial charge in [0.1, 0.15) is 0 Å². The van der Waals surface area contributed by atoms with E-state index in [1.54, 1.807) is 0 Å². The Balaban J connectivity index is 2.31.